The van der Waals surface area contributed by atoms with Gasteiger partial charge in [-0.05, 0) is 72.6 Å². The molecular weight excluding hydrogens is 370 g/mol. The van der Waals surface area contributed by atoms with E-state index < -0.39 is 0 Å². The van der Waals surface area contributed by atoms with Gasteiger partial charge in [0.25, 0.3) is 0 Å². The highest BCUT2D eigenvalue weighted by Gasteiger charge is 2.29. The summed E-state index contributed by atoms with van der Waals surface area (Å²) < 4.78 is 4.74. The number of fused-ring (bicyclic) bond motifs is 1. The van der Waals surface area contributed by atoms with Crippen LogP contribution in [0.4, 0.5) is 5.69 Å². The zero-order chi connectivity index (χ0) is 20.9. The molecule has 3 aromatic rings. The third kappa shape index (κ3) is 4.51. The minimum atomic E-state index is -0.147. The number of benzene rings is 3. The molecule has 0 saturated heterocycles. The van der Waals surface area contributed by atoms with E-state index in [1.54, 1.807) is 0 Å². The summed E-state index contributed by atoms with van der Waals surface area (Å²) >= 11 is 0. The van der Waals surface area contributed by atoms with Gasteiger partial charge in [0.05, 0.1) is 7.11 Å². The summed E-state index contributed by atoms with van der Waals surface area (Å²) in [4.78, 5) is 13.9. The number of aryl methyl sites for hydroxylation is 1. The second-order valence-electron chi connectivity index (χ2n) is 8.30. The van der Waals surface area contributed by atoms with Crippen molar-refractivity contribution in [3.63, 3.8) is 0 Å². The Morgan fingerprint density at radius 2 is 1.77 bits per heavy atom. The van der Waals surface area contributed by atoms with Gasteiger partial charge < -0.3 is 9.64 Å². The fourth-order valence-corrected chi connectivity index (χ4v) is 4.86. The first-order chi connectivity index (χ1) is 14.7. The minimum Gasteiger partial charge on any atom is -0.469 e. The lowest BCUT2D eigenvalue weighted by atomic mass is 9.95. The van der Waals surface area contributed by atoms with Gasteiger partial charge in [-0.1, -0.05) is 54.6 Å². The molecule has 0 spiro atoms. The number of hydrogen-bond acceptors (Lipinski definition) is 3. The summed E-state index contributed by atoms with van der Waals surface area (Å²) in [6, 6.07) is 24.9. The predicted octanol–water partition coefficient (Wildman–Crippen LogP) is 6.11. The van der Waals surface area contributed by atoms with E-state index in [2.05, 4.69) is 78.6 Å². The largest absolute Gasteiger partial charge is 0.469 e. The molecule has 1 unspecified atom stereocenters. The van der Waals surface area contributed by atoms with Crippen LogP contribution in [0.15, 0.2) is 66.7 Å². The van der Waals surface area contributed by atoms with Gasteiger partial charge in [0, 0.05) is 24.7 Å². The van der Waals surface area contributed by atoms with E-state index in [4.69, 9.17) is 4.74 Å². The van der Waals surface area contributed by atoms with Crippen LogP contribution < -0.4 is 4.90 Å². The molecule has 0 bridgehead atoms. The van der Waals surface area contributed by atoms with Gasteiger partial charge in [0.1, 0.15) is 0 Å². The lowest BCUT2D eigenvalue weighted by Crippen LogP contribution is -2.33. The Morgan fingerprint density at radius 1 is 1.00 bits per heavy atom. The lowest BCUT2D eigenvalue weighted by Gasteiger charge is -2.30. The van der Waals surface area contributed by atoms with Crippen molar-refractivity contribution in [1.82, 2.24) is 0 Å². The van der Waals surface area contributed by atoms with Crippen molar-refractivity contribution < 1.29 is 9.53 Å². The molecule has 0 aromatic heterocycles. The molecule has 30 heavy (non-hydrogen) atoms. The Kier molecular flexibility index (Phi) is 6.37. The smallest absolute Gasteiger partial charge is 0.305 e. The van der Waals surface area contributed by atoms with Gasteiger partial charge in [-0.2, -0.15) is 0 Å². The van der Waals surface area contributed by atoms with Crippen molar-refractivity contribution in [2.24, 2.45) is 0 Å². The predicted molar refractivity (Wildman–Crippen MR) is 124 cm³/mol. The Bertz CT molecular complexity index is 995. The summed E-state index contributed by atoms with van der Waals surface area (Å²) in [6.07, 6.45) is 4.85. The first kappa shape index (κ1) is 20.5. The van der Waals surface area contributed by atoms with Crippen LogP contribution in [0.3, 0.4) is 0 Å². The van der Waals surface area contributed by atoms with Crippen LogP contribution >= 0.6 is 0 Å². The molecule has 1 aliphatic carbocycles. The summed E-state index contributed by atoms with van der Waals surface area (Å²) in [7, 11) is 1.44. The van der Waals surface area contributed by atoms with E-state index in [0.717, 1.165) is 13.0 Å². The van der Waals surface area contributed by atoms with Crippen molar-refractivity contribution >= 4 is 22.4 Å². The summed E-state index contributed by atoms with van der Waals surface area (Å²) in [5.41, 5.74) is 3.96. The number of ether oxygens (including phenoxy) is 1. The normalized spacial score (nSPS) is 18.5. The molecule has 0 N–H and O–H groups in total. The van der Waals surface area contributed by atoms with E-state index >= 15 is 0 Å². The van der Waals surface area contributed by atoms with Crippen LogP contribution in [0.1, 0.15) is 49.7 Å². The zero-order valence-corrected chi connectivity index (χ0v) is 18.0. The van der Waals surface area contributed by atoms with Gasteiger partial charge in [-0.15, -0.1) is 0 Å². The monoisotopic (exact) mass is 401 g/mol. The van der Waals surface area contributed by atoms with E-state index in [-0.39, 0.29) is 5.97 Å². The number of carbonyl (C=O) groups is 1. The number of methoxy groups -OCH3 is 1. The van der Waals surface area contributed by atoms with Crippen molar-refractivity contribution in [3.05, 3.63) is 77.9 Å². The maximum Gasteiger partial charge on any atom is 0.305 e. The highest BCUT2D eigenvalue weighted by molar-refractivity contribution is 5.85. The molecule has 0 radical (unpaired) electrons. The van der Waals surface area contributed by atoms with E-state index in [0.29, 0.717) is 18.4 Å². The molecule has 1 fully saturated rings. The molecule has 2 atom stereocenters. The standard InChI is InChI=1S/C27H31NO2/c1-3-28(25-15-13-21-6-4-5-7-23(21)18-25)26-16-14-24(19-26)22-11-8-20(9-12-22)10-17-27(29)30-2/h4-9,11-13,15,18,24,26H,3,10,14,16-17,19H2,1-2H3/t24?,26-/m0/s1. The van der Waals surface area contributed by atoms with Crippen molar-refractivity contribution in [2.75, 3.05) is 18.6 Å². The minimum absolute atomic E-state index is 0.147. The highest BCUT2D eigenvalue weighted by atomic mass is 16.5. The van der Waals surface area contributed by atoms with Gasteiger partial charge in [-0.25, -0.2) is 0 Å². The van der Waals surface area contributed by atoms with Gasteiger partial charge in [0.2, 0.25) is 0 Å². The van der Waals surface area contributed by atoms with Crippen LogP contribution in [-0.2, 0) is 16.0 Å². The first-order valence-corrected chi connectivity index (χ1v) is 11.1. The second kappa shape index (κ2) is 9.34. The third-order valence-corrected chi connectivity index (χ3v) is 6.55. The molecular formula is C27H31NO2. The van der Waals surface area contributed by atoms with Crippen LogP contribution in [-0.4, -0.2) is 25.7 Å². The Balaban J connectivity index is 1.42. The Hall–Kier alpha value is -2.81. The second-order valence-corrected chi connectivity index (χ2v) is 8.30. The average Bonchev–Trinajstić information content (AvgIpc) is 3.28. The molecule has 1 saturated carbocycles. The van der Waals surface area contributed by atoms with Crippen LogP contribution in [0.5, 0.6) is 0 Å². The SMILES string of the molecule is CCN(c1ccc2ccccc2c1)[C@H]1CCC(c2ccc(CCC(=O)OC)cc2)C1. The van der Waals surface area contributed by atoms with Crippen molar-refractivity contribution in [2.45, 2.75) is 51.0 Å². The maximum absolute atomic E-state index is 11.4. The molecule has 0 heterocycles. The Labute approximate surface area is 179 Å². The first-order valence-electron chi connectivity index (χ1n) is 11.1. The van der Waals surface area contributed by atoms with Crippen LogP contribution in [0.25, 0.3) is 10.8 Å². The molecule has 3 heteroatoms. The lowest BCUT2D eigenvalue weighted by molar-refractivity contribution is -0.140. The number of nitrogens with zero attached hydrogens (tertiary/aromatic N) is 1. The zero-order valence-electron chi connectivity index (χ0n) is 18.0. The molecule has 1 aliphatic rings. The molecule has 4 rings (SSSR count). The van der Waals surface area contributed by atoms with Crippen LogP contribution in [0.2, 0.25) is 0 Å². The third-order valence-electron chi connectivity index (χ3n) is 6.55. The molecule has 156 valence electrons. The number of rotatable bonds is 7. The highest BCUT2D eigenvalue weighted by Crippen LogP contribution is 2.39. The molecule has 3 aromatic carbocycles. The van der Waals surface area contributed by atoms with Gasteiger partial charge >= 0.3 is 5.97 Å². The number of anilines is 1. The van der Waals surface area contributed by atoms with E-state index in [1.165, 1.54) is 54.0 Å². The van der Waals surface area contributed by atoms with E-state index in [9.17, 15) is 4.79 Å². The molecule has 0 amide bonds. The average molecular weight is 402 g/mol. The number of hydrogen-bond donors (Lipinski definition) is 0. The van der Waals surface area contributed by atoms with Crippen LogP contribution in [0, 0.1) is 0 Å². The summed E-state index contributed by atoms with van der Waals surface area (Å²) in [5, 5.41) is 2.61. The van der Waals surface area contributed by atoms with Crippen molar-refractivity contribution in [1.29, 1.82) is 0 Å². The molecule has 0 aliphatic heterocycles. The number of esters is 1. The molecule has 3 nitrogen and oxygen atoms in total. The quantitative estimate of drug-likeness (QED) is 0.448. The van der Waals surface area contributed by atoms with E-state index in [1.807, 2.05) is 0 Å². The number of carbonyl (C=O) groups excluding carboxylic acids is 1. The maximum atomic E-state index is 11.4. The summed E-state index contributed by atoms with van der Waals surface area (Å²) in [5.74, 6) is 0.463. The Morgan fingerprint density at radius 3 is 2.50 bits per heavy atom. The van der Waals surface area contributed by atoms with Gasteiger partial charge in [0.15, 0.2) is 0 Å². The fourth-order valence-electron chi connectivity index (χ4n) is 4.86. The fraction of sp³-hybridized carbons (Fsp3) is 0.370. The van der Waals surface area contributed by atoms with Gasteiger partial charge in [-0.3, -0.25) is 4.79 Å². The van der Waals surface area contributed by atoms with Crippen molar-refractivity contribution in [3.8, 4) is 0 Å². The topological polar surface area (TPSA) is 29.5 Å². The summed E-state index contributed by atoms with van der Waals surface area (Å²) in [6.45, 7) is 3.29.